The van der Waals surface area contributed by atoms with E-state index in [1.54, 1.807) is 36.5 Å². The average molecular weight is 401 g/mol. The first-order valence-electron chi connectivity index (χ1n) is 8.67. The maximum absolute atomic E-state index is 12.9. The van der Waals surface area contributed by atoms with E-state index < -0.39 is 0 Å². The molecule has 1 amide bonds. The van der Waals surface area contributed by atoms with Crippen LogP contribution < -0.4 is 10.1 Å². The zero-order valence-electron chi connectivity index (χ0n) is 15.5. The van der Waals surface area contributed by atoms with Gasteiger partial charge in [0.2, 0.25) is 0 Å². The Morgan fingerprint density at radius 2 is 2.04 bits per heavy atom. The molecule has 1 unspecified atom stereocenters. The van der Waals surface area contributed by atoms with Crippen LogP contribution in [0.3, 0.4) is 0 Å². The van der Waals surface area contributed by atoms with E-state index in [1.807, 2.05) is 18.5 Å². The summed E-state index contributed by atoms with van der Waals surface area (Å²) in [6.07, 6.45) is 1.57. The Hall–Kier alpha value is -2.94. The summed E-state index contributed by atoms with van der Waals surface area (Å²) in [5, 5.41) is 12.0. The number of thioether (sulfide) groups is 1. The number of nitrogens with one attached hydrogen (secondary N) is 1. The number of rotatable bonds is 8. The van der Waals surface area contributed by atoms with Crippen molar-refractivity contribution in [1.82, 2.24) is 25.1 Å². The van der Waals surface area contributed by atoms with Crippen molar-refractivity contribution in [2.75, 3.05) is 12.4 Å². The Labute approximate surface area is 166 Å². The van der Waals surface area contributed by atoms with Crippen molar-refractivity contribution < 1.29 is 13.9 Å². The predicted molar refractivity (Wildman–Crippen MR) is 104 cm³/mol. The first-order valence-corrected chi connectivity index (χ1v) is 9.65. The molecule has 28 heavy (non-hydrogen) atoms. The van der Waals surface area contributed by atoms with Gasteiger partial charge in [-0.05, 0) is 43.3 Å². The highest BCUT2D eigenvalue weighted by Crippen LogP contribution is 2.20. The first-order chi connectivity index (χ1) is 13.5. The van der Waals surface area contributed by atoms with Gasteiger partial charge in [0, 0.05) is 19.0 Å². The molecule has 2 heterocycles. The zero-order valence-corrected chi connectivity index (χ0v) is 16.3. The van der Waals surface area contributed by atoms with E-state index in [2.05, 4.69) is 20.5 Å². The third kappa shape index (κ3) is 5.07. The summed E-state index contributed by atoms with van der Waals surface area (Å²) in [7, 11) is 1.85. The maximum atomic E-state index is 12.9. The lowest BCUT2D eigenvalue weighted by atomic mass is 10.2. The largest absolute Gasteiger partial charge is 0.493 e. The molecule has 0 fully saturated rings. The van der Waals surface area contributed by atoms with Crippen molar-refractivity contribution >= 4 is 17.7 Å². The molecule has 3 aromatic rings. The van der Waals surface area contributed by atoms with Crippen LogP contribution in [-0.2, 0) is 7.05 Å². The fourth-order valence-electron chi connectivity index (χ4n) is 2.48. The molecule has 7 nitrogen and oxygen atoms in total. The van der Waals surface area contributed by atoms with Crippen LogP contribution in [0, 0.1) is 5.82 Å². The molecule has 0 aliphatic rings. The third-order valence-corrected chi connectivity index (χ3v) is 4.88. The van der Waals surface area contributed by atoms with Crippen LogP contribution in [0.25, 0.3) is 0 Å². The minimum atomic E-state index is -0.322. The van der Waals surface area contributed by atoms with Gasteiger partial charge in [0.25, 0.3) is 5.91 Å². The average Bonchev–Trinajstić information content (AvgIpc) is 3.08. The Bertz CT molecular complexity index is 918. The second kappa shape index (κ2) is 9.32. The molecule has 9 heteroatoms. The molecule has 2 aromatic heterocycles. The van der Waals surface area contributed by atoms with E-state index >= 15 is 0 Å². The number of amides is 1. The Balaban J connectivity index is 1.51. The lowest BCUT2D eigenvalue weighted by Gasteiger charge is -2.13. The molecule has 1 atom stereocenters. The normalized spacial score (nSPS) is 11.8. The highest BCUT2D eigenvalue weighted by atomic mass is 32.2. The second-order valence-electron chi connectivity index (χ2n) is 5.96. The quantitative estimate of drug-likeness (QED) is 0.462. The van der Waals surface area contributed by atoms with Crippen molar-refractivity contribution in [3.63, 3.8) is 0 Å². The summed E-state index contributed by atoms with van der Waals surface area (Å²) in [6, 6.07) is 10.7. The van der Waals surface area contributed by atoms with Crippen molar-refractivity contribution in [2.24, 2.45) is 7.05 Å². The van der Waals surface area contributed by atoms with Crippen molar-refractivity contribution in [1.29, 1.82) is 0 Å². The molecule has 0 spiro atoms. The molecule has 1 aromatic carbocycles. The molecule has 0 bridgehead atoms. The Morgan fingerprint density at radius 3 is 2.75 bits per heavy atom. The van der Waals surface area contributed by atoms with E-state index in [4.69, 9.17) is 4.74 Å². The van der Waals surface area contributed by atoms with Gasteiger partial charge in [-0.2, -0.15) is 0 Å². The minimum absolute atomic E-state index is 0.266. The van der Waals surface area contributed by atoms with Gasteiger partial charge in [-0.25, -0.2) is 4.39 Å². The number of benzene rings is 1. The summed E-state index contributed by atoms with van der Waals surface area (Å²) >= 11 is 1.49. The van der Waals surface area contributed by atoms with Crippen LogP contribution in [0.2, 0.25) is 0 Å². The molecular formula is C19H20FN5O2S. The van der Waals surface area contributed by atoms with E-state index in [9.17, 15) is 9.18 Å². The number of hydrogen-bond acceptors (Lipinski definition) is 6. The molecule has 0 saturated carbocycles. The Kier molecular flexibility index (Phi) is 6.59. The summed E-state index contributed by atoms with van der Waals surface area (Å²) in [5.41, 5.74) is 0.351. The van der Waals surface area contributed by atoms with Crippen molar-refractivity contribution in [3.05, 3.63) is 66.0 Å². The van der Waals surface area contributed by atoms with Crippen LogP contribution in [-0.4, -0.2) is 38.0 Å². The lowest BCUT2D eigenvalue weighted by Crippen LogP contribution is -2.29. The van der Waals surface area contributed by atoms with Gasteiger partial charge >= 0.3 is 0 Å². The van der Waals surface area contributed by atoms with E-state index in [0.29, 0.717) is 29.6 Å². The fourth-order valence-corrected chi connectivity index (χ4v) is 3.22. The first kappa shape index (κ1) is 19.8. The number of ether oxygens (including phenoxy) is 1. The monoisotopic (exact) mass is 401 g/mol. The van der Waals surface area contributed by atoms with Gasteiger partial charge in [0.15, 0.2) is 11.0 Å². The molecule has 0 radical (unpaired) electrons. The smallest absolute Gasteiger partial charge is 0.270 e. The minimum Gasteiger partial charge on any atom is -0.493 e. The molecular weight excluding hydrogens is 381 g/mol. The zero-order chi connectivity index (χ0) is 19.9. The highest BCUT2D eigenvalue weighted by molar-refractivity contribution is 7.99. The van der Waals surface area contributed by atoms with E-state index in [1.165, 1.54) is 23.9 Å². The van der Waals surface area contributed by atoms with Gasteiger partial charge in [0.1, 0.15) is 17.3 Å². The van der Waals surface area contributed by atoms with Crippen LogP contribution >= 0.6 is 11.8 Å². The molecule has 146 valence electrons. The number of aromatic nitrogens is 4. The van der Waals surface area contributed by atoms with Gasteiger partial charge in [-0.1, -0.05) is 17.8 Å². The van der Waals surface area contributed by atoms with Crippen LogP contribution in [0.1, 0.15) is 29.3 Å². The van der Waals surface area contributed by atoms with Crippen LogP contribution in [0.4, 0.5) is 4.39 Å². The maximum Gasteiger partial charge on any atom is 0.270 e. The van der Waals surface area contributed by atoms with E-state index in [-0.39, 0.29) is 17.8 Å². The fraction of sp³-hybridized carbons (Fsp3) is 0.263. The molecule has 3 rings (SSSR count). The topological polar surface area (TPSA) is 81.9 Å². The summed E-state index contributed by atoms with van der Waals surface area (Å²) in [4.78, 5) is 16.3. The highest BCUT2D eigenvalue weighted by Gasteiger charge is 2.18. The van der Waals surface area contributed by atoms with Crippen molar-refractivity contribution in [3.8, 4) is 5.75 Å². The van der Waals surface area contributed by atoms with Crippen molar-refractivity contribution in [2.45, 2.75) is 18.1 Å². The second-order valence-corrected chi connectivity index (χ2v) is 7.02. The van der Waals surface area contributed by atoms with Gasteiger partial charge < -0.3 is 14.6 Å². The predicted octanol–water partition coefficient (Wildman–Crippen LogP) is 3.01. The molecule has 0 saturated heterocycles. The number of carbonyl (C=O) groups is 1. The third-order valence-electron chi connectivity index (χ3n) is 3.90. The van der Waals surface area contributed by atoms with Gasteiger partial charge in [-0.3, -0.25) is 9.78 Å². The van der Waals surface area contributed by atoms with E-state index in [0.717, 1.165) is 5.16 Å². The lowest BCUT2D eigenvalue weighted by molar-refractivity contribution is 0.0932. The number of halogens is 1. The summed E-state index contributed by atoms with van der Waals surface area (Å²) in [6.45, 7) is 2.29. The Morgan fingerprint density at radius 1 is 1.25 bits per heavy atom. The summed E-state index contributed by atoms with van der Waals surface area (Å²) in [5.74, 6) is 1.35. The molecule has 0 aliphatic carbocycles. The summed E-state index contributed by atoms with van der Waals surface area (Å²) < 4.78 is 20.3. The van der Waals surface area contributed by atoms with Gasteiger partial charge in [0.05, 0.1) is 12.6 Å². The SMILES string of the molecule is CC(NC(=O)c1ccccn1)c1nnc(SCCOc2ccc(F)cc2)n1C. The number of nitrogens with zero attached hydrogens (tertiary/aromatic N) is 4. The number of pyridine rings is 1. The number of hydrogen-bond donors (Lipinski definition) is 1. The van der Waals surface area contributed by atoms with Gasteiger partial charge in [-0.15, -0.1) is 10.2 Å². The molecule has 1 N–H and O–H groups in total. The standard InChI is InChI=1S/C19H20FN5O2S/c1-13(22-18(26)16-5-3-4-10-21-16)17-23-24-19(25(17)2)28-12-11-27-15-8-6-14(20)7-9-15/h3-10,13H,11-12H2,1-2H3,(H,22,26). The van der Waals surface area contributed by atoms with Crippen LogP contribution in [0.5, 0.6) is 5.75 Å². The molecule has 0 aliphatic heterocycles. The van der Waals surface area contributed by atoms with Crippen LogP contribution in [0.15, 0.2) is 53.8 Å². The number of carbonyl (C=O) groups excluding carboxylic acids is 1.